The Kier molecular flexibility index (Phi) is 9.59. The number of phenolic OH excluding ortho intramolecular Hbond substituents is 4. The highest BCUT2D eigenvalue weighted by molar-refractivity contribution is 5.87. The van der Waals surface area contributed by atoms with Gasteiger partial charge in [0.1, 0.15) is 42.7 Å². The van der Waals surface area contributed by atoms with Crippen molar-refractivity contribution in [3.63, 3.8) is 0 Å². The largest absolute Gasteiger partial charge is 0.504 e. The van der Waals surface area contributed by atoms with Gasteiger partial charge >= 0.3 is 5.97 Å². The van der Waals surface area contributed by atoms with Gasteiger partial charge in [0.05, 0.1) is 19.3 Å². The van der Waals surface area contributed by atoms with E-state index in [1.54, 1.807) is 0 Å². The second-order valence-electron chi connectivity index (χ2n) is 10.7. The molecular weight excluding hydrogens is 588 g/mol. The van der Waals surface area contributed by atoms with Gasteiger partial charge in [-0.15, -0.1) is 0 Å². The van der Waals surface area contributed by atoms with Crippen LogP contribution >= 0.6 is 0 Å². The predicted molar refractivity (Wildman–Crippen MR) is 145 cm³/mol. The lowest BCUT2D eigenvalue weighted by Crippen LogP contribution is -2.66. The maximum atomic E-state index is 13.0. The van der Waals surface area contributed by atoms with Crippen LogP contribution in [0.25, 0.3) is 6.08 Å². The number of phenols is 4. The first kappa shape index (κ1) is 31.9. The van der Waals surface area contributed by atoms with Crippen molar-refractivity contribution in [3.05, 3.63) is 53.6 Å². The van der Waals surface area contributed by atoms with Crippen molar-refractivity contribution in [2.45, 2.75) is 74.4 Å². The van der Waals surface area contributed by atoms with Crippen LogP contribution in [0.4, 0.5) is 0 Å². The molecule has 0 spiro atoms. The fourth-order valence-electron chi connectivity index (χ4n) is 5.19. The van der Waals surface area contributed by atoms with E-state index >= 15 is 0 Å². The quantitative estimate of drug-likeness (QED) is 0.111. The summed E-state index contributed by atoms with van der Waals surface area (Å²) >= 11 is 0. The number of ether oxygens (including phenoxy) is 6. The van der Waals surface area contributed by atoms with E-state index in [1.165, 1.54) is 49.4 Å². The summed E-state index contributed by atoms with van der Waals surface area (Å²) in [6, 6.07) is 7.92. The molecule has 11 atom stereocenters. The molecule has 15 heteroatoms. The van der Waals surface area contributed by atoms with E-state index in [0.717, 1.165) is 6.08 Å². The van der Waals surface area contributed by atoms with Crippen molar-refractivity contribution in [1.29, 1.82) is 0 Å². The number of hydrogen-bond acceptors (Lipinski definition) is 15. The van der Waals surface area contributed by atoms with Crippen LogP contribution in [-0.2, 0) is 33.2 Å². The van der Waals surface area contributed by atoms with E-state index in [1.807, 2.05) is 0 Å². The molecule has 240 valence electrons. The monoisotopic (exact) mass is 622 g/mol. The Labute approximate surface area is 250 Å². The van der Waals surface area contributed by atoms with Crippen LogP contribution in [-0.4, -0.2) is 121 Å². The van der Waals surface area contributed by atoms with E-state index in [9.17, 15) is 45.6 Å². The van der Waals surface area contributed by atoms with Gasteiger partial charge in [-0.25, -0.2) is 4.79 Å². The number of carbonyl (C=O) groups is 1. The van der Waals surface area contributed by atoms with Crippen molar-refractivity contribution >= 4 is 12.0 Å². The standard InChI is InChI=1S/C29H34O15/c1-12-22(36)23(37)24(38)28(40-12)44-26-25(43-21(35)7-3-13-2-5-15(31)17(33)8-13)19(10-30)42-29-27(26)41-20(11-39-29)14-4-6-16(32)18(34)9-14/h2-9,12,19-20,22-34,36-38H,10-11H2,1H3/b7-3+/t12-,19+,20?,22-,23+,24+,25+,26-,27?,28-,29?/m0/s1. The molecule has 0 saturated carbocycles. The molecule has 3 heterocycles. The smallest absolute Gasteiger partial charge is 0.331 e. The summed E-state index contributed by atoms with van der Waals surface area (Å²) in [6.07, 6.45) is -12.2. The zero-order chi connectivity index (χ0) is 31.7. The number of aromatic hydroxyl groups is 4. The lowest BCUT2D eigenvalue weighted by molar-refractivity contribution is -0.384. The predicted octanol–water partition coefficient (Wildman–Crippen LogP) is -0.479. The molecule has 3 saturated heterocycles. The molecule has 44 heavy (non-hydrogen) atoms. The average molecular weight is 623 g/mol. The molecule has 2 aromatic carbocycles. The van der Waals surface area contributed by atoms with E-state index in [2.05, 4.69) is 0 Å². The zero-order valence-corrected chi connectivity index (χ0v) is 23.3. The van der Waals surface area contributed by atoms with Crippen molar-refractivity contribution in [2.24, 2.45) is 0 Å². The molecule has 8 N–H and O–H groups in total. The average Bonchev–Trinajstić information content (AvgIpc) is 3.01. The van der Waals surface area contributed by atoms with Crippen LogP contribution in [0.2, 0.25) is 0 Å². The Morgan fingerprint density at radius 3 is 2.27 bits per heavy atom. The van der Waals surface area contributed by atoms with Gasteiger partial charge < -0.3 is 69.3 Å². The van der Waals surface area contributed by atoms with Crippen molar-refractivity contribution in [3.8, 4) is 23.0 Å². The van der Waals surface area contributed by atoms with E-state index in [-0.39, 0.29) is 18.1 Å². The number of aliphatic hydroxyl groups excluding tert-OH is 4. The Balaban J connectivity index is 1.43. The zero-order valence-electron chi connectivity index (χ0n) is 23.3. The SMILES string of the molecule is C[C@@H]1O[C@@H](O[C@@H]2C3OC(c4ccc(O)c(O)c4)COC3O[C@H](CO)[C@H]2OC(=O)/C=C/c2ccc(O)c(O)c2)[C@H](O)[C@H](O)[C@H]1O. The maximum absolute atomic E-state index is 13.0. The lowest BCUT2D eigenvalue weighted by Gasteiger charge is -2.50. The fourth-order valence-corrected chi connectivity index (χ4v) is 5.19. The summed E-state index contributed by atoms with van der Waals surface area (Å²) in [5, 5.41) is 80.3. The van der Waals surface area contributed by atoms with E-state index in [4.69, 9.17) is 28.4 Å². The Morgan fingerprint density at radius 2 is 1.59 bits per heavy atom. The van der Waals surface area contributed by atoms with Crippen molar-refractivity contribution < 1.29 is 74.1 Å². The van der Waals surface area contributed by atoms with Gasteiger partial charge in [0.2, 0.25) is 0 Å². The molecule has 15 nitrogen and oxygen atoms in total. The first-order valence-electron chi connectivity index (χ1n) is 13.8. The highest BCUT2D eigenvalue weighted by Crippen LogP contribution is 2.39. The van der Waals surface area contributed by atoms with Gasteiger partial charge in [-0.1, -0.05) is 12.1 Å². The lowest BCUT2D eigenvalue weighted by atomic mass is 9.95. The highest BCUT2D eigenvalue weighted by Gasteiger charge is 2.55. The first-order valence-corrected chi connectivity index (χ1v) is 13.8. The van der Waals surface area contributed by atoms with Gasteiger partial charge in [0, 0.05) is 6.08 Å². The molecule has 5 rings (SSSR count). The van der Waals surface area contributed by atoms with Crippen LogP contribution < -0.4 is 0 Å². The molecule has 0 aliphatic carbocycles. The summed E-state index contributed by atoms with van der Waals surface area (Å²) in [4.78, 5) is 13.0. The summed E-state index contributed by atoms with van der Waals surface area (Å²) in [6.45, 7) is 0.713. The third-order valence-electron chi connectivity index (χ3n) is 7.64. The van der Waals surface area contributed by atoms with Gasteiger partial charge in [0.25, 0.3) is 0 Å². The van der Waals surface area contributed by atoms with Crippen LogP contribution in [0.15, 0.2) is 42.5 Å². The molecule has 0 aromatic heterocycles. The normalized spacial score (nSPS) is 35.7. The molecule has 3 aliphatic rings. The fraction of sp³-hybridized carbons (Fsp3) is 0.483. The topological polar surface area (TPSA) is 234 Å². The van der Waals surface area contributed by atoms with E-state index in [0.29, 0.717) is 11.1 Å². The summed E-state index contributed by atoms with van der Waals surface area (Å²) in [5.41, 5.74) is 0.768. The number of rotatable bonds is 7. The highest BCUT2D eigenvalue weighted by atomic mass is 16.8. The number of hydrogen-bond donors (Lipinski definition) is 8. The molecule has 2 aromatic rings. The van der Waals surface area contributed by atoms with Crippen molar-refractivity contribution in [1.82, 2.24) is 0 Å². The molecule has 0 amide bonds. The number of benzene rings is 2. The minimum absolute atomic E-state index is 0.0760. The van der Waals surface area contributed by atoms with Gasteiger partial charge in [-0.05, 0) is 48.4 Å². The maximum Gasteiger partial charge on any atom is 0.331 e. The van der Waals surface area contributed by atoms with Crippen LogP contribution in [0.5, 0.6) is 23.0 Å². The molecule has 3 aliphatic heterocycles. The molecule has 0 radical (unpaired) electrons. The summed E-state index contributed by atoms with van der Waals surface area (Å²) < 4.78 is 35.3. The van der Waals surface area contributed by atoms with Crippen LogP contribution in [0.1, 0.15) is 24.2 Å². The molecule has 0 bridgehead atoms. The van der Waals surface area contributed by atoms with E-state index < -0.39 is 91.6 Å². The van der Waals surface area contributed by atoms with Gasteiger partial charge in [-0.2, -0.15) is 0 Å². The van der Waals surface area contributed by atoms with Gasteiger partial charge in [0.15, 0.2) is 41.7 Å². The summed E-state index contributed by atoms with van der Waals surface area (Å²) in [5.74, 6) is -2.43. The third-order valence-corrected chi connectivity index (χ3v) is 7.64. The number of esters is 1. The molecule has 3 fully saturated rings. The first-order chi connectivity index (χ1) is 21.0. The Bertz CT molecular complexity index is 1350. The Hall–Kier alpha value is -3.51. The van der Waals surface area contributed by atoms with Gasteiger partial charge in [-0.3, -0.25) is 0 Å². The molecular formula is C29H34O15. The minimum Gasteiger partial charge on any atom is -0.504 e. The van der Waals surface area contributed by atoms with Crippen LogP contribution in [0.3, 0.4) is 0 Å². The number of aliphatic hydroxyl groups is 4. The van der Waals surface area contributed by atoms with Crippen LogP contribution in [0, 0.1) is 0 Å². The Morgan fingerprint density at radius 1 is 0.886 bits per heavy atom. The minimum atomic E-state index is -1.73. The number of carbonyl (C=O) groups excluding carboxylic acids is 1. The summed E-state index contributed by atoms with van der Waals surface area (Å²) in [7, 11) is 0. The number of fused-ring (bicyclic) bond motifs is 1. The second-order valence-corrected chi connectivity index (χ2v) is 10.7. The molecule has 3 unspecified atom stereocenters. The van der Waals surface area contributed by atoms with Crippen molar-refractivity contribution in [2.75, 3.05) is 13.2 Å². The second kappa shape index (κ2) is 13.2. The third kappa shape index (κ3) is 6.61.